The first-order valence-electron chi connectivity index (χ1n) is 7.84. The first-order chi connectivity index (χ1) is 13.0. The van der Waals surface area contributed by atoms with Gasteiger partial charge in [-0.1, -0.05) is 0 Å². The van der Waals surface area contributed by atoms with Gasteiger partial charge in [0, 0.05) is 6.42 Å². The van der Waals surface area contributed by atoms with Crippen LogP contribution in [-0.2, 0) is 29.2 Å². The van der Waals surface area contributed by atoms with Crippen molar-refractivity contribution in [3.8, 4) is 11.5 Å². The first-order valence-corrected chi connectivity index (χ1v) is 10.6. The standard InChI is InChI=1S/C14H20O12S2/c15-14(16)12-10-11(23-7-3-9-26-28(20,21)22)4-5-13(12)24-6-1-2-8-25-27(17,18)19/h4-5,10H,1-3,6-9H2,(H,15,16)(H,17,18,19)(H,20,21,22). The Hall–Kier alpha value is -1.97. The lowest BCUT2D eigenvalue weighted by molar-refractivity contribution is 0.0691. The molecule has 3 N–H and O–H groups in total. The summed E-state index contributed by atoms with van der Waals surface area (Å²) >= 11 is 0. The van der Waals surface area contributed by atoms with E-state index < -0.39 is 26.8 Å². The molecule has 0 fully saturated rings. The van der Waals surface area contributed by atoms with Gasteiger partial charge in [-0.15, -0.1) is 0 Å². The zero-order valence-electron chi connectivity index (χ0n) is 14.5. The van der Waals surface area contributed by atoms with Gasteiger partial charge in [0.1, 0.15) is 17.1 Å². The van der Waals surface area contributed by atoms with E-state index in [-0.39, 0.29) is 56.3 Å². The summed E-state index contributed by atoms with van der Waals surface area (Å²) in [6.07, 6.45) is 0.738. The molecule has 0 aliphatic rings. The lowest BCUT2D eigenvalue weighted by Crippen LogP contribution is -2.09. The van der Waals surface area contributed by atoms with Crippen LogP contribution in [0.4, 0.5) is 0 Å². The highest BCUT2D eigenvalue weighted by atomic mass is 32.3. The number of carboxylic acid groups (broad SMARTS) is 1. The van der Waals surface area contributed by atoms with E-state index in [4.69, 9.17) is 18.6 Å². The third kappa shape index (κ3) is 11.0. The van der Waals surface area contributed by atoms with Gasteiger partial charge in [-0.2, -0.15) is 16.8 Å². The molecule has 1 aromatic carbocycles. The van der Waals surface area contributed by atoms with Gasteiger partial charge < -0.3 is 14.6 Å². The van der Waals surface area contributed by atoms with Crippen molar-refractivity contribution in [2.45, 2.75) is 19.3 Å². The molecule has 0 unspecified atom stereocenters. The van der Waals surface area contributed by atoms with Crippen LogP contribution in [0.15, 0.2) is 18.2 Å². The van der Waals surface area contributed by atoms with E-state index in [0.29, 0.717) is 6.42 Å². The second-order valence-corrected chi connectivity index (χ2v) is 7.40. The summed E-state index contributed by atoms with van der Waals surface area (Å²) < 4.78 is 77.2. The maximum Gasteiger partial charge on any atom is 0.397 e. The van der Waals surface area contributed by atoms with E-state index in [2.05, 4.69) is 8.37 Å². The first kappa shape index (κ1) is 24.1. The van der Waals surface area contributed by atoms with Crippen molar-refractivity contribution >= 4 is 26.8 Å². The zero-order valence-corrected chi connectivity index (χ0v) is 16.1. The number of unbranched alkanes of at least 4 members (excludes halogenated alkanes) is 1. The monoisotopic (exact) mass is 444 g/mol. The summed E-state index contributed by atoms with van der Waals surface area (Å²) in [5.41, 5.74) is -0.166. The van der Waals surface area contributed by atoms with E-state index in [0.717, 1.165) is 0 Å². The van der Waals surface area contributed by atoms with Gasteiger partial charge in [0.15, 0.2) is 0 Å². The Bertz CT molecular complexity index is 847. The molecule has 14 heteroatoms. The van der Waals surface area contributed by atoms with Gasteiger partial charge >= 0.3 is 26.8 Å². The number of hydrogen-bond donors (Lipinski definition) is 3. The summed E-state index contributed by atoms with van der Waals surface area (Å²) in [6.45, 7) is -0.431. The van der Waals surface area contributed by atoms with Gasteiger partial charge in [0.05, 0.1) is 26.4 Å². The fraction of sp³-hybridized carbons (Fsp3) is 0.500. The van der Waals surface area contributed by atoms with Gasteiger partial charge in [-0.25, -0.2) is 13.2 Å². The molecule has 0 radical (unpaired) electrons. The molecule has 12 nitrogen and oxygen atoms in total. The topological polar surface area (TPSA) is 183 Å². The Morgan fingerprint density at radius 3 is 1.93 bits per heavy atom. The Kier molecular flexibility index (Phi) is 9.57. The Balaban J connectivity index is 2.47. The van der Waals surface area contributed by atoms with Crippen LogP contribution in [-0.4, -0.2) is 63.4 Å². The summed E-state index contributed by atoms with van der Waals surface area (Å²) in [7, 11) is -9.00. The molecule has 0 heterocycles. The molecule has 0 atom stereocenters. The predicted molar refractivity (Wildman–Crippen MR) is 93.2 cm³/mol. The average Bonchev–Trinajstić information content (AvgIpc) is 2.56. The van der Waals surface area contributed by atoms with Crippen molar-refractivity contribution in [2.75, 3.05) is 26.4 Å². The molecule has 1 aromatic rings. The third-order valence-corrected chi connectivity index (χ3v) is 3.93. The smallest absolute Gasteiger partial charge is 0.397 e. The Labute approximate surface area is 161 Å². The van der Waals surface area contributed by atoms with Crippen LogP contribution in [0, 0.1) is 0 Å². The summed E-state index contributed by atoms with van der Waals surface area (Å²) in [6, 6.07) is 4.05. The average molecular weight is 444 g/mol. The molecule has 160 valence electrons. The predicted octanol–water partition coefficient (Wildman–Crippen LogP) is 0.952. The Morgan fingerprint density at radius 2 is 1.36 bits per heavy atom. The minimum absolute atomic E-state index is 0.0164. The lowest BCUT2D eigenvalue weighted by atomic mass is 10.2. The van der Waals surface area contributed by atoms with E-state index in [1.54, 1.807) is 0 Å². The van der Waals surface area contributed by atoms with Gasteiger partial charge in [0.2, 0.25) is 0 Å². The maximum atomic E-state index is 11.3. The van der Waals surface area contributed by atoms with Crippen LogP contribution >= 0.6 is 0 Å². The molecule has 0 aromatic heterocycles. The molecule has 1 rings (SSSR count). The summed E-state index contributed by atoms with van der Waals surface area (Å²) in [5.74, 6) is -0.978. The number of carbonyl (C=O) groups is 1. The number of hydrogen-bond acceptors (Lipinski definition) is 9. The molecule has 0 aliphatic carbocycles. The number of carboxylic acids is 1. The molecule has 0 spiro atoms. The highest BCUT2D eigenvalue weighted by molar-refractivity contribution is 7.81. The lowest BCUT2D eigenvalue weighted by Gasteiger charge is -2.12. The normalized spacial score (nSPS) is 11.9. The summed E-state index contributed by atoms with van der Waals surface area (Å²) in [5, 5.41) is 9.26. The quantitative estimate of drug-likeness (QED) is 0.273. The van der Waals surface area contributed by atoms with Gasteiger partial charge in [-0.05, 0) is 31.0 Å². The van der Waals surface area contributed by atoms with Gasteiger partial charge in [-0.3, -0.25) is 9.11 Å². The fourth-order valence-electron chi connectivity index (χ4n) is 1.86. The molecule has 0 bridgehead atoms. The molecule has 0 saturated carbocycles. The molecule has 28 heavy (non-hydrogen) atoms. The maximum absolute atomic E-state index is 11.3. The van der Waals surface area contributed by atoms with E-state index in [1.165, 1.54) is 18.2 Å². The van der Waals surface area contributed by atoms with Crippen LogP contribution in [0.2, 0.25) is 0 Å². The van der Waals surface area contributed by atoms with Crippen molar-refractivity contribution in [3.05, 3.63) is 23.8 Å². The highest BCUT2D eigenvalue weighted by Crippen LogP contribution is 2.25. The molecule has 0 saturated heterocycles. The van der Waals surface area contributed by atoms with Crippen molar-refractivity contribution in [3.63, 3.8) is 0 Å². The van der Waals surface area contributed by atoms with Crippen molar-refractivity contribution in [1.29, 1.82) is 0 Å². The number of benzene rings is 1. The SMILES string of the molecule is O=C(O)c1cc(OCCCOS(=O)(=O)O)ccc1OCCCCOS(=O)(=O)O. The van der Waals surface area contributed by atoms with Crippen molar-refractivity contribution in [1.82, 2.24) is 0 Å². The fourth-order valence-corrected chi connectivity index (χ4v) is 2.51. The molecule has 0 aliphatic heterocycles. The third-order valence-electron chi connectivity index (χ3n) is 3.00. The molecule has 0 amide bonds. The molecular weight excluding hydrogens is 424 g/mol. The van der Waals surface area contributed by atoms with Gasteiger partial charge in [0.25, 0.3) is 0 Å². The number of rotatable bonds is 14. The van der Waals surface area contributed by atoms with Crippen molar-refractivity contribution in [2.24, 2.45) is 0 Å². The van der Waals surface area contributed by atoms with Crippen molar-refractivity contribution < 1.29 is 53.7 Å². The molecular formula is C14H20O12S2. The zero-order chi connectivity index (χ0) is 21.2. The van der Waals surface area contributed by atoms with Crippen LogP contribution < -0.4 is 9.47 Å². The van der Waals surface area contributed by atoms with E-state index in [1.807, 2.05) is 0 Å². The largest absolute Gasteiger partial charge is 0.493 e. The summed E-state index contributed by atoms with van der Waals surface area (Å²) in [4.78, 5) is 11.3. The van der Waals surface area contributed by atoms with Crippen LogP contribution in [0.25, 0.3) is 0 Å². The Morgan fingerprint density at radius 1 is 0.821 bits per heavy atom. The van der Waals surface area contributed by atoms with E-state index in [9.17, 15) is 26.7 Å². The second-order valence-electron chi connectivity index (χ2n) is 5.22. The number of ether oxygens (including phenoxy) is 2. The minimum Gasteiger partial charge on any atom is -0.493 e. The van der Waals surface area contributed by atoms with Crippen LogP contribution in [0.5, 0.6) is 11.5 Å². The van der Waals surface area contributed by atoms with E-state index >= 15 is 0 Å². The second kappa shape index (κ2) is 11.1. The minimum atomic E-state index is -4.51. The number of aromatic carboxylic acids is 1. The van der Waals surface area contributed by atoms with Crippen LogP contribution in [0.3, 0.4) is 0 Å². The van der Waals surface area contributed by atoms with Crippen LogP contribution in [0.1, 0.15) is 29.6 Å². The highest BCUT2D eigenvalue weighted by Gasteiger charge is 2.13.